The molecule has 2 aliphatic heterocycles. The van der Waals surface area contributed by atoms with Crippen LogP contribution in [-0.4, -0.2) is 43.0 Å². The molecule has 0 spiro atoms. The summed E-state index contributed by atoms with van der Waals surface area (Å²) in [7, 11) is 0. The lowest BCUT2D eigenvalue weighted by Crippen LogP contribution is -2.49. The molecule has 1 aromatic rings. The van der Waals surface area contributed by atoms with E-state index in [0.717, 1.165) is 45.6 Å². The van der Waals surface area contributed by atoms with Gasteiger partial charge in [0.05, 0.1) is 0 Å². The molecular formula is C20H31N3O. The Morgan fingerprint density at radius 3 is 2.83 bits per heavy atom. The molecule has 24 heavy (non-hydrogen) atoms. The highest BCUT2D eigenvalue weighted by Gasteiger charge is 2.27. The number of nitrogens with one attached hydrogen (secondary N) is 2. The molecule has 2 saturated heterocycles. The maximum atomic E-state index is 12.2. The van der Waals surface area contributed by atoms with Gasteiger partial charge in [-0.3, -0.25) is 9.69 Å². The Labute approximate surface area is 146 Å². The molecule has 3 rings (SSSR count). The van der Waals surface area contributed by atoms with Gasteiger partial charge in [0.2, 0.25) is 5.91 Å². The average Bonchev–Trinajstić information content (AvgIpc) is 3.10. The van der Waals surface area contributed by atoms with E-state index in [1.165, 1.54) is 12.0 Å². The summed E-state index contributed by atoms with van der Waals surface area (Å²) in [4.78, 5) is 14.7. The zero-order valence-corrected chi connectivity index (χ0v) is 14.8. The Hall–Kier alpha value is -1.39. The molecule has 0 bridgehead atoms. The fourth-order valence-corrected chi connectivity index (χ4v) is 4.01. The number of carbonyl (C=O) groups is 1. The van der Waals surface area contributed by atoms with Gasteiger partial charge in [-0.2, -0.15) is 0 Å². The van der Waals surface area contributed by atoms with Crippen LogP contribution >= 0.6 is 0 Å². The highest BCUT2D eigenvalue weighted by molar-refractivity contribution is 5.76. The van der Waals surface area contributed by atoms with E-state index >= 15 is 0 Å². The van der Waals surface area contributed by atoms with Gasteiger partial charge in [-0.1, -0.05) is 37.3 Å². The molecule has 0 aromatic heterocycles. The van der Waals surface area contributed by atoms with E-state index in [-0.39, 0.29) is 5.91 Å². The highest BCUT2D eigenvalue weighted by Crippen LogP contribution is 2.20. The quantitative estimate of drug-likeness (QED) is 0.842. The van der Waals surface area contributed by atoms with E-state index in [0.29, 0.717) is 24.3 Å². The molecule has 1 amide bonds. The minimum absolute atomic E-state index is 0.246. The maximum absolute atomic E-state index is 12.2. The van der Waals surface area contributed by atoms with Gasteiger partial charge in [0.1, 0.15) is 0 Å². The zero-order valence-electron chi connectivity index (χ0n) is 14.8. The zero-order chi connectivity index (χ0) is 16.8. The van der Waals surface area contributed by atoms with Crippen LogP contribution in [0.4, 0.5) is 0 Å². The van der Waals surface area contributed by atoms with Crippen molar-refractivity contribution in [1.82, 2.24) is 15.5 Å². The molecule has 1 aromatic carbocycles. The van der Waals surface area contributed by atoms with Gasteiger partial charge in [-0.05, 0) is 49.8 Å². The first kappa shape index (κ1) is 17.4. The van der Waals surface area contributed by atoms with Crippen molar-refractivity contribution in [2.75, 3.05) is 26.2 Å². The molecule has 2 heterocycles. The van der Waals surface area contributed by atoms with E-state index in [1.54, 1.807) is 0 Å². The second kappa shape index (κ2) is 8.63. The predicted molar refractivity (Wildman–Crippen MR) is 97.6 cm³/mol. The summed E-state index contributed by atoms with van der Waals surface area (Å²) < 4.78 is 0. The molecule has 2 N–H and O–H groups in total. The molecule has 4 nitrogen and oxygen atoms in total. The molecule has 0 radical (unpaired) electrons. The Morgan fingerprint density at radius 2 is 2.12 bits per heavy atom. The largest absolute Gasteiger partial charge is 0.353 e. The predicted octanol–water partition coefficient (Wildman–Crippen LogP) is 2.40. The average molecular weight is 329 g/mol. The second-order valence-electron chi connectivity index (χ2n) is 7.56. The summed E-state index contributed by atoms with van der Waals surface area (Å²) in [6.45, 7) is 7.61. The standard InChI is InChI=1S/C20H31N3O/c1-16-14-23(15-18-5-3-2-4-6-18)12-10-19(16)22-20(24)8-7-17-9-11-21-13-17/h2-6,16-17,19,21H,7-15H2,1H3,(H,22,24). The number of hydrogen-bond acceptors (Lipinski definition) is 3. The van der Waals surface area contributed by atoms with Gasteiger partial charge in [0.25, 0.3) is 0 Å². The Kier molecular flexibility index (Phi) is 6.27. The van der Waals surface area contributed by atoms with Crippen LogP contribution in [0.15, 0.2) is 30.3 Å². The van der Waals surface area contributed by atoms with Gasteiger partial charge in [-0.25, -0.2) is 0 Å². The van der Waals surface area contributed by atoms with Gasteiger partial charge in [0.15, 0.2) is 0 Å². The van der Waals surface area contributed by atoms with Crippen molar-refractivity contribution in [2.24, 2.45) is 11.8 Å². The fourth-order valence-electron chi connectivity index (χ4n) is 4.01. The molecule has 4 heteroatoms. The number of hydrogen-bond donors (Lipinski definition) is 2. The summed E-state index contributed by atoms with van der Waals surface area (Å²) in [5, 5.41) is 6.66. The number of likely N-dealkylation sites (tertiary alicyclic amines) is 1. The van der Waals surface area contributed by atoms with Crippen LogP contribution in [0.2, 0.25) is 0 Å². The Bertz CT molecular complexity index is 513. The van der Waals surface area contributed by atoms with Gasteiger partial charge in [0, 0.05) is 32.1 Å². The van der Waals surface area contributed by atoms with E-state index in [9.17, 15) is 4.79 Å². The molecule has 0 saturated carbocycles. The summed E-state index contributed by atoms with van der Waals surface area (Å²) in [6, 6.07) is 11.0. The molecule has 132 valence electrons. The summed E-state index contributed by atoms with van der Waals surface area (Å²) in [5.74, 6) is 1.45. The topological polar surface area (TPSA) is 44.4 Å². The Balaban J connectivity index is 1.39. The van der Waals surface area contributed by atoms with E-state index in [2.05, 4.69) is 52.8 Å². The third kappa shape index (κ3) is 5.05. The number of rotatable bonds is 6. The lowest BCUT2D eigenvalue weighted by Gasteiger charge is -2.37. The van der Waals surface area contributed by atoms with Crippen molar-refractivity contribution in [3.8, 4) is 0 Å². The third-order valence-corrected chi connectivity index (χ3v) is 5.53. The summed E-state index contributed by atoms with van der Waals surface area (Å²) in [6.07, 6.45) is 4.00. The van der Waals surface area contributed by atoms with Crippen LogP contribution in [0.1, 0.15) is 38.2 Å². The third-order valence-electron chi connectivity index (χ3n) is 5.53. The highest BCUT2D eigenvalue weighted by atomic mass is 16.1. The molecule has 2 aliphatic rings. The van der Waals surface area contributed by atoms with Crippen LogP contribution in [0.25, 0.3) is 0 Å². The van der Waals surface area contributed by atoms with Crippen molar-refractivity contribution in [1.29, 1.82) is 0 Å². The lowest BCUT2D eigenvalue weighted by atomic mass is 9.93. The fraction of sp³-hybridized carbons (Fsp3) is 0.650. The van der Waals surface area contributed by atoms with Crippen molar-refractivity contribution in [3.05, 3.63) is 35.9 Å². The minimum Gasteiger partial charge on any atom is -0.353 e. The molecule has 0 aliphatic carbocycles. The lowest BCUT2D eigenvalue weighted by molar-refractivity contribution is -0.122. The smallest absolute Gasteiger partial charge is 0.220 e. The van der Waals surface area contributed by atoms with Gasteiger partial charge >= 0.3 is 0 Å². The first-order valence-corrected chi connectivity index (χ1v) is 9.47. The molecule has 3 unspecified atom stereocenters. The molecule has 3 atom stereocenters. The number of benzene rings is 1. The van der Waals surface area contributed by atoms with Crippen LogP contribution in [0.5, 0.6) is 0 Å². The normalized spacial score (nSPS) is 28.0. The molecular weight excluding hydrogens is 298 g/mol. The van der Waals surface area contributed by atoms with E-state index in [4.69, 9.17) is 0 Å². The van der Waals surface area contributed by atoms with Crippen molar-refractivity contribution in [3.63, 3.8) is 0 Å². The minimum atomic E-state index is 0.246. The SMILES string of the molecule is CC1CN(Cc2ccccc2)CCC1NC(=O)CCC1CCNC1. The Morgan fingerprint density at radius 1 is 1.29 bits per heavy atom. The van der Waals surface area contributed by atoms with E-state index in [1.807, 2.05) is 0 Å². The number of piperidine rings is 1. The van der Waals surface area contributed by atoms with Crippen LogP contribution in [0, 0.1) is 11.8 Å². The number of amides is 1. The van der Waals surface area contributed by atoms with Gasteiger partial charge < -0.3 is 10.6 Å². The van der Waals surface area contributed by atoms with E-state index < -0.39 is 0 Å². The maximum Gasteiger partial charge on any atom is 0.220 e. The van der Waals surface area contributed by atoms with Crippen molar-refractivity contribution >= 4 is 5.91 Å². The van der Waals surface area contributed by atoms with Crippen molar-refractivity contribution in [2.45, 2.75) is 45.2 Å². The molecule has 2 fully saturated rings. The van der Waals surface area contributed by atoms with Crippen LogP contribution in [-0.2, 0) is 11.3 Å². The first-order chi connectivity index (χ1) is 11.7. The number of carbonyl (C=O) groups excluding carboxylic acids is 1. The van der Waals surface area contributed by atoms with Crippen LogP contribution in [0.3, 0.4) is 0 Å². The van der Waals surface area contributed by atoms with Crippen molar-refractivity contribution < 1.29 is 4.79 Å². The van der Waals surface area contributed by atoms with Crippen LogP contribution < -0.4 is 10.6 Å². The summed E-state index contributed by atoms with van der Waals surface area (Å²) >= 11 is 0. The summed E-state index contributed by atoms with van der Waals surface area (Å²) in [5.41, 5.74) is 1.37. The first-order valence-electron chi connectivity index (χ1n) is 9.47. The number of nitrogens with zero attached hydrogens (tertiary/aromatic N) is 1. The monoisotopic (exact) mass is 329 g/mol. The van der Waals surface area contributed by atoms with Gasteiger partial charge in [-0.15, -0.1) is 0 Å². The second-order valence-corrected chi connectivity index (χ2v) is 7.56.